The lowest BCUT2D eigenvalue weighted by molar-refractivity contribution is 0.0690. The SMILES string of the molecule is O=C(O)c1c(Nc2ccc(Cl)cc2F)nc2ccccn12. The van der Waals surface area contributed by atoms with Crippen molar-refractivity contribution in [1.29, 1.82) is 0 Å². The molecule has 0 fully saturated rings. The maximum absolute atomic E-state index is 13.8. The molecule has 0 atom stereocenters. The highest BCUT2D eigenvalue weighted by Gasteiger charge is 2.19. The van der Waals surface area contributed by atoms with E-state index in [9.17, 15) is 14.3 Å². The van der Waals surface area contributed by atoms with E-state index in [2.05, 4.69) is 10.3 Å². The second-order valence-corrected chi connectivity index (χ2v) is 4.73. The van der Waals surface area contributed by atoms with Gasteiger partial charge in [-0.15, -0.1) is 0 Å². The predicted molar refractivity (Wildman–Crippen MR) is 76.8 cm³/mol. The molecule has 2 N–H and O–H groups in total. The third kappa shape index (κ3) is 2.41. The van der Waals surface area contributed by atoms with E-state index >= 15 is 0 Å². The maximum Gasteiger partial charge on any atom is 0.356 e. The average Bonchev–Trinajstić information content (AvgIpc) is 2.80. The summed E-state index contributed by atoms with van der Waals surface area (Å²) in [7, 11) is 0. The quantitative estimate of drug-likeness (QED) is 0.776. The van der Waals surface area contributed by atoms with Gasteiger partial charge in [0.2, 0.25) is 0 Å². The first-order chi connectivity index (χ1) is 10.1. The van der Waals surface area contributed by atoms with Crippen LogP contribution >= 0.6 is 11.6 Å². The zero-order valence-corrected chi connectivity index (χ0v) is 11.3. The highest BCUT2D eigenvalue weighted by molar-refractivity contribution is 6.30. The minimum Gasteiger partial charge on any atom is -0.476 e. The van der Waals surface area contributed by atoms with E-state index < -0.39 is 11.8 Å². The number of pyridine rings is 1. The Kier molecular flexibility index (Phi) is 3.23. The number of hydrogen-bond donors (Lipinski definition) is 2. The zero-order chi connectivity index (χ0) is 15.0. The van der Waals surface area contributed by atoms with Crippen molar-refractivity contribution in [1.82, 2.24) is 9.38 Å². The van der Waals surface area contributed by atoms with Crippen LogP contribution in [0.1, 0.15) is 10.5 Å². The first kappa shape index (κ1) is 13.4. The van der Waals surface area contributed by atoms with Crippen LogP contribution in [-0.2, 0) is 0 Å². The van der Waals surface area contributed by atoms with Gasteiger partial charge >= 0.3 is 5.97 Å². The number of imidazole rings is 1. The lowest BCUT2D eigenvalue weighted by Crippen LogP contribution is -2.05. The molecule has 0 aliphatic rings. The summed E-state index contributed by atoms with van der Waals surface area (Å²) in [4.78, 5) is 15.6. The van der Waals surface area contributed by atoms with Gasteiger partial charge in [0.1, 0.15) is 11.5 Å². The molecule has 0 radical (unpaired) electrons. The standard InChI is InChI=1S/C14H9ClFN3O2/c15-8-4-5-10(9(16)7-8)17-13-12(14(20)21)19-6-2-1-3-11(19)18-13/h1-7,17H,(H,20,21). The molecule has 0 amide bonds. The Morgan fingerprint density at radius 1 is 1.33 bits per heavy atom. The number of fused-ring (bicyclic) bond motifs is 1. The third-order valence-corrected chi connectivity index (χ3v) is 3.15. The summed E-state index contributed by atoms with van der Waals surface area (Å²) < 4.78 is 15.2. The third-order valence-electron chi connectivity index (χ3n) is 2.92. The number of carbonyl (C=O) groups is 1. The summed E-state index contributed by atoms with van der Waals surface area (Å²) in [6, 6.07) is 9.15. The number of aromatic carboxylic acids is 1. The van der Waals surface area contributed by atoms with Crippen LogP contribution in [0.5, 0.6) is 0 Å². The van der Waals surface area contributed by atoms with E-state index in [1.54, 1.807) is 24.4 Å². The van der Waals surface area contributed by atoms with Crippen LogP contribution in [0, 0.1) is 5.82 Å². The molecule has 3 rings (SSSR count). The van der Waals surface area contributed by atoms with Crippen LogP contribution in [0.2, 0.25) is 5.02 Å². The molecular weight excluding hydrogens is 297 g/mol. The van der Waals surface area contributed by atoms with Crippen molar-refractivity contribution >= 4 is 34.7 Å². The summed E-state index contributed by atoms with van der Waals surface area (Å²) in [6.07, 6.45) is 1.58. The number of nitrogens with one attached hydrogen (secondary N) is 1. The minimum absolute atomic E-state index is 0.0647. The molecule has 0 saturated heterocycles. The number of hydrogen-bond acceptors (Lipinski definition) is 3. The molecule has 0 saturated carbocycles. The first-order valence-electron chi connectivity index (χ1n) is 5.99. The number of rotatable bonds is 3. The molecule has 0 aliphatic carbocycles. The van der Waals surface area contributed by atoms with Gasteiger partial charge in [-0.05, 0) is 30.3 Å². The lowest BCUT2D eigenvalue weighted by atomic mass is 10.3. The van der Waals surface area contributed by atoms with Crippen LogP contribution in [0.3, 0.4) is 0 Å². The van der Waals surface area contributed by atoms with Crippen LogP contribution in [0.15, 0.2) is 42.6 Å². The largest absolute Gasteiger partial charge is 0.476 e. The molecule has 21 heavy (non-hydrogen) atoms. The van der Waals surface area contributed by atoms with E-state index in [4.69, 9.17) is 11.6 Å². The number of anilines is 2. The van der Waals surface area contributed by atoms with Crippen LogP contribution in [0.25, 0.3) is 5.65 Å². The van der Waals surface area contributed by atoms with Crippen molar-refractivity contribution < 1.29 is 14.3 Å². The minimum atomic E-state index is -1.16. The topological polar surface area (TPSA) is 66.6 Å². The molecule has 106 valence electrons. The molecule has 1 aromatic carbocycles. The molecule has 3 aromatic rings. The molecule has 0 bridgehead atoms. The molecule has 5 nitrogen and oxygen atoms in total. The van der Waals surface area contributed by atoms with E-state index in [1.807, 2.05) is 0 Å². The Bertz CT molecular complexity index is 847. The summed E-state index contributed by atoms with van der Waals surface area (Å²) in [5, 5.41) is 12.3. The number of benzene rings is 1. The van der Waals surface area contributed by atoms with E-state index in [0.717, 1.165) is 6.07 Å². The number of carboxylic acid groups (broad SMARTS) is 1. The lowest BCUT2D eigenvalue weighted by Gasteiger charge is -2.06. The van der Waals surface area contributed by atoms with Gasteiger partial charge in [0, 0.05) is 11.2 Å². The van der Waals surface area contributed by atoms with E-state index in [0.29, 0.717) is 5.65 Å². The summed E-state index contributed by atoms with van der Waals surface area (Å²) >= 11 is 5.68. The second kappa shape index (κ2) is 5.06. The van der Waals surface area contributed by atoms with Gasteiger partial charge in [-0.3, -0.25) is 4.40 Å². The molecular formula is C14H9ClFN3O2. The maximum atomic E-state index is 13.8. The van der Waals surface area contributed by atoms with Crippen molar-refractivity contribution in [3.8, 4) is 0 Å². The molecule has 0 unspecified atom stereocenters. The Morgan fingerprint density at radius 3 is 2.86 bits per heavy atom. The van der Waals surface area contributed by atoms with Crippen molar-refractivity contribution in [3.63, 3.8) is 0 Å². The van der Waals surface area contributed by atoms with Gasteiger partial charge in [-0.25, -0.2) is 14.2 Å². The van der Waals surface area contributed by atoms with Crippen molar-refractivity contribution in [2.75, 3.05) is 5.32 Å². The van der Waals surface area contributed by atoms with E-state index in [1.165, 1.54) is 16.5 Å². The van der Waals surface area contributed by atoms with Gasteiger partial charge in [0.15, 0.2) is 11.5 Å². The monoisotopic (exact) mass is 305 g/mol. The first-order valence-corrected chi connectivity index (χ1v) is 6.36. The fraction of sp³-hybridized carbons (Fsp3) is 0. The van der Waals surface area contributed by atoms with Crippen molar-refractivity contribution in [2.24, 2.45) is 0 Å². The number of nitrogens with zero attached hydrogens (tertiary/aromatic N) is 2. The number of halogens is 2. The Balaban J connectivity index is 2.12. The molecule has 0 aliphatic heterocycles. The molecule has 7 heteroatoms. The van der Waals surface area contributed by atoms with Crippen molar-refractivity contribution in [2.45, 2.75) is 0 Å². The fourth-order valence-electron chi connectivity index (χ4n) is 2.01. The molecule has 2 aromatic heterocycles. The fourth-order valence-corrected chi connectivity index (χ4v) is 2.16. The Hall–Kier alpha value is -2.60. The van der Waals surface area contributed by atoms with Crippen molar-refractivity contribution in [3.05, 3.63) is 59.1 Å². The molecule has 2 heterocycles. The van der Waals surface area contributed by atoms with Crippen LogP contribution in [0.4, 0.5) is 15.9 Å². The number of carboxylic acids is 1. The van der Waals surface area contributed by atoms with Gasteiger partial charge in [0.05, 0.1) is 5.69 Å². The highest BCUT2D eigenvalue weighted by Crippen LogP contribution is 2.25. The smallest absolute Gasteiger partial charge is 0.356 e. The molecule has 0 spiro atoms. The predicted octanol–water partition coefficient (Wildman–Crippen LogP) is 3.57. The van der Waals surface area contributed by atoms with Gasteiger partial charge in [0.25, 0.3) is 0 Å². The average molecular weight is 306 g/mol. The van der Waals surface area contributed by atoms with Gasteiger partial charge in [-0.1, -0.05) is 17.7 Å². The zero-order valence-electron chi connectivity index (χ0n) is 10.5. The van der Waals surface area contributed by atoms with Gasteiger partial charge in [-0.2, -0.15) is 0 Å². The van der Waals surface area contributed by atoms with Gasteiger partial charge < -0.3 is 10.4 Å². The van der Waals surface area contributed by atoms with Crippen LogP contribution in [-0.4, -0.2) is 20.5 Å². The van der Waals surface area contributed by atoms with E-state index in [-0.39, 0.29) is 22.2 Å². The number of aromatic nitrogens is 2. The Morgan fingerprint density at radius 2 is 2.14 bits per heavy atom. The summed E-state index contributed by atoms with van der Waals surface area (Å²) in [6.45, 7) is 0. The second-order valence-electron chi connectivity index (χ2n) is 4.29. The normalized spacial score (nSPS) is 10.8. The Labute approximate surface area is 123 Å². The van der Waals surface area contributed by atoms with Crippen LogP contribution < -0.4 is 5.32 Å². The summed E-state index contributed by atoms with van der Waals surface area (Å²) in [5.41, 5.74) is 0.483. The summed E-state index contributed by atoms with van der Waals surface area (Å²) in [5.74, 6) is -1.68. The highest BCUT2D eigenvalue weighted by atomic mass is 35.5.